The van der Waals surface area contributed by atoms with Crippen molar-refractivity contribution < 1.29 is 14.4 Å². The number of nitrogens with zero attached hydrogens (tertiary/aromatic N) is 2. The van der Waals surface area contributed by atoms with Crippen molar-refractivity contribution in [2.45, 2.75) is 64.7 Å². The third-order valence-electron chi connectivity index (χ3n) is 4.54. The first-order chi connectivity index (χ1) is 12.2. The fourth-order valence-corrected chi connectivity index (χ4v) is 3.44. The SMILES string of the molecule is CC(=O)N(Cc1ccccc1)C(C(=O)NC(C)(C)C)C1CCCN1C=O. The predicted molar refractivity (Wildman–Crippen MR) is 100 cm³/mol. The van der Waals surface area contributed by atoms with Gasteiger partial charge in [0.15, 0.2) is 0 Å². The van der Waals surface area contributed by atoms with Crippen molar-refractivity contribution in [3.8, 4) is 0 Å². The van der Waals surface area contributed by atoms with Gasteiger partial charge in [-0.05, 0) is 39.2 Å². The van der Waals surface area contributed by atoms with Gasteiger partial charge in [0, 0.05) is 25.6 Å². The molecular formula is C20H29N3O3. The molecule has 1 saturated heterocycles. The molecule has 1 aliphatic heterocycles. The van der Waals surface area contributed by atoms with Crippen LogP contribution in [0.5, 0.6) is 0 Å². The van der Waals surface area contributed by atoms with E-state index in [1.807, 2.05) is 51.1 Å². The van der Waals surface area contributed by atoms with Crippen molar-refractivity contribution in [1.82, 2.24) is 15.1 Å². The number of hydrogen-bond donors (Lipinski definition) is 1. The van der Waals surface area contributed by atoms with Crippen LogP contribution in [0.15, 0.2) is 30.3 Å². The van der Waals surface area contributed by atoms with Crippen LogP contribution in [0.4, 0.5) is 0 Å². The van der Waals surface area contributed by atoms with Gasteiger partial charge in [-0.15, -0.1) is 0 Å². The Labute approximate surface area is 155 Å². The molecule has 0 spiro atoms. The van der Waals surface area contributed by atoms with E-state index in [1.165, 1.54) is 6.92 Å². The summed E-state index contributed by atoms with van der Waals surface area (Å²) >= 11 is 0. The molecule has 2 rings (SSSR count). The van der Waals surface area contributed by atoms with Gasteiger partial charge in [0.1, 0.15) is 6.04 Å². The van der Waals surface area contributed by atoms with Gasteiger partial charge in [-0.25, -0.2) is 0 Å². The van der Waals surface area contributed by atoms with Crippen LogP contribution in [-0.4, -0.2) is 52.2 Å². The van der Waals surface area contributed by atoms with E-state index in [0.29, 0.717) is 19.5 Å². The zero-order valence-electron chi connectivity index (χ0n) is 16.1. The van der Waals surface area contributed by atoms with E-state index < -0.39 is 11.6 Å². The molecule has 0 aliphatic carbocycles. The number of amides is 3. The second kappa shape index (κ2) is 8.34. The molecule has 0 saturated carbocycles. The van der Waals surface area contributed by atoms with Crippen LogP contribution in [0, 0.1) is 0 Å². The summed E-state index contributed by atoms with van der Waals surface area (Å²) < 4.78 is 0. The molecular weight excluding hydrogens is 330 g/mol. The van der Waals surface area contributed by atoms with Crippen molar-refractivity contribution in [2.24, 2.45) is 0 Å². The van der Waals surface area contributed by atoms with Gasteiger partial charge in [0.05, 0.1) is 6.04 Å². The summed E-state index contributed by atoms with van der Waals surface area (Å²) in [5.74, 6) is -0.400. The first kappa shape index (κ1) is 19.9. The maximum Gasteiger partial charge on any atom is 0.245 e. The van der Waals surface area contributed by atoms with Gasteiger partial charge >= 0.3 is 0 Å². The molecule has 0 aromatic heterocycles. The highest BCUT2D eigenvalue weighted by Gasteiger charge is 2.41. The molecule has 1 N–H and O–H groups in total. The molecule has 3 amide bonds. The first-order valence-corrected chi connectivity index (χ1v) is 9.07. The molecule has 2 atom stereocenters. The number of benzene rings is 1. The molecule has 142 valence electrons. The Morgan fingerprint density at radius 2 is 1.96 bits per heavy atom. The van der Waals surface area contributed by atoms with E-state index in [1.54, 1.807) is 9.80 Å². The van der Waals surface area contributed by atoms with Gasteiger partial charge in [0.2, 0.25) is 18.2 Å². The second-order valence-corrected chi connectivity index (χ2v) is 7.87. The Bertz CT molecular complexity index is 639. The lowest BCUT2D eigenvalue weighted by Gasteiger charge is -2.38. The van der Waals surface area contributed by atoms with Gasteiger partial charge < -0.3 is 15.1 Å². The zero-order valence-corrected chi connectivity index (χ0v) is 16.1. The quantitative estimate of drug-likeness (QED) is 0.789. The molecule has 1 heterocycles. The van der Waals surface area contributed by atoms with Crippen LogP contribution in [0.1, 0.15) is 46.1 Å². The minimum absolute atomic E-state index is 0.180. The number of carbonyl (C=O) groups excluding carboxylic acids is 3. The van der Waals surface area contributed by atoms with Gasteiger partial charge in [0.25, 0.3) is 0 Å². The van der Waals surface area contributed by atoms with E-state index in [4.69, 9.17) is 0 Å². The second-order valence-electron chi connectivity index (χ2n) is 7.87. The summed E-state index contributed by atoms with van der Waals surface area (Å²) in [5, 5.41) is 2.99. The molecule has 2 unspecified atom stereocenters. The molecule has 0 radical (unpaired) electrons. The number of likely N-dealkylation sites (tertiary alicyclic amines) is 1. The molecule has 1 aliphatic rings. The number of hydrogen-bond acceptors (Lipinski definition) is 3. The summed E-state index contributed by atoms with van der Waals surface area (Å²) in [4.78, 5) is 40.3. The molecule has 1 aromatic rings. The van der Waals surface area contributed by atoms with Crippen LogP contribution < -0.4 is 5.32 Å². The molecule has 0 bridgehead atoms. The molecule has 1 aromatic carbocycles. The fourth-order valence-electron chi connectivity index (χ4n) is 3.44. The van der Waals surface area contributed by atoms with Gasteiger partial charge in [-0.3, -0.25) is 14.4 Å². The molecule has 1 fully saturated rings. The summed E-state index contributed by atoms with van der Waals surface area (Å²) in [6.07, 6.45) is 2.33. The average molecular weight is 359 g/mol. The predicted octanol–water partition coefficient (Wildman–Crippen LogP) is 1.94. The zero-order chi connectivity index (χ0) is 19.3. The monoisotopic (exact) mass is 359 g/mol. The molecule has 6 heteroatoms. The summed E-state index contributed by atoms with van der Waals surface area (Å²) in [6.45, 7) is 8.14. The molecule has 6 nitrogen and oxygen atoms in total. The standard InChI is InChI=1S/C20H29N3O3/c1-15(25)23(13-16-9-6-5-7-10-16)18(19(26)21-20(2,3)4)17-11-8-12-22(17)14-24/h5-7,9-10,14,17-18H,8,11-13H2,1-4H3,(H,21,26). The van der Waals surface area contributed by atoms with Crippen molar-refractivity contribution >= 4 is 18.2 Å². The van der Waals surface area contributed by atoms with Crippen molar-refractivity contribution in [2.75, 3.05) is 6.54 Å². The van der Waals surface area contributed by atoms with Crippen LogP contribution in [-0.2, 0) is 20.9 Å². The minimum Gasteiger partial charge on any atom is -0.350 e. The molecule has 26 heavy (non-hydrogen) atoms. The summed E-state index contributed by atoms with van der Waals surface area (Å²) in [5.41, 5.74) is 0.529. The summed E-state index contributed by atoms with van der Waals surface area (Å²) in [6, 6.07) is 8.58. The van der Waals surface area contributed by atoms with Crippen LogP contribution in [0.3, 0.4) is 0 Å². The highest BCUT2D eigenvalue weighted by atomic mass is 16.2. The summed E-state index contributed by atoms with van der Waals surface area (Å²) in [7, 11) is 0. The van der Waals surface area contributed by atoms with E-state index >= 15 is 0 Å². The average Bonchev–Trinajstić information content (AvgIpc) is 3.01. The Morgan fingerprint density at radius 1 is 1.31 bits per heavy atom. The normalized spacial score (nSPS) is 18.3. The van der Waals surface area contributed by atoms with Crippen molar-refractivity contribution in [1.29, 1.82) is 0 Å². The minimum atomic E-state index is -0.709. The van der Waals surface area contributed by atoms with E-state index in [2.05, 4.69) is 5.32 Å². The third kappa shape index (κ3) is 5.07. The number of nitrogens with one attached hydrogen (secondary N) is 1. The van der Waals surface area contributed by atoms with E-state index in [0.717, 1.165) is 18.4 Å². The van der Waals surface area contributed by atoms with E-state index in [-0.39, 0.29) is 17.9 Å². The van der Waals surface area contributed by atoms with Gasteiger partial charge in [-0.1, -0.05) is 30.3 Å². The number of carbonyl (C=O) groups is 3. The van der Waals surface area contributed by atoms with E-state index in [9.17, 15) is 14.4 Å². The maximum absolute atomic E-state index is 13.1. The Hall–Kier alpha value is -2.37. The highest BCUT2D eigenvalue weighted by molar-refractivity contribution is 5.88. The third-order valence-corrected chi connectivity index (χ3v) is 4.54. The Morgan fingerprint density at radius 3 is 2.50 bits per heavy atom. The lowest BCUT2D eigenvalue weighted by atomic mass is 9.99. The van der Waals surface area contributed by atoms with Crippen LogP contribution in [0.2, 0.25) is 0 Å². The van der Waals surface area contributed by atoms with Crippen molar-refractivity contribution in [3.05, 3.63) is 35.9 Å². The lowest BCUT2D eigenvalue weighted by Crippen LogP contribution is -2.60. The van der Waals surface area contributed by atoms with Crippen molar-refractivity contribution in [3.63, 3.8) is 0 Å². The largest absolute Gasteiger partial charge is 0.350 e. The Balaban J connectivity index is 2.36. The number of rotatable bonds is 6. The van der Waals surface area contributed by atoms with Crippen LogP contribution >= 0.6 is 0 Å². The Kier molecular flexibility index (Phi) is 6.40. The maximum atomic E-state index is 13.1. The first-order valence-electron chi connectivity index (χ1n) is 9.07. The topological polar surface area (TPSA) is 69.7 Å². The fraction of sp³-hybridized carbons (Fsp3) is 0.550. The lowest BCUT2D eigenvalue weighted by molar-refractivity contribution is -0.144. The van der Waals surface area contributed by atoms with Crippen LogP contribution in [0.25, 0.3) is 0 Å². The smallest absolute Gasteiger partial charge is 0.245 e. The highest BCUT2D eigenvalue weighted by Crippen LogP contribution is 2.24. The van der Waals surface area contributed by atoms with Gasteiger partial charge in [-0.2, -0.15) is 0 Å².